The van der Waals surface area contributed by atoms with Crippen LogP contribution in [0.15, 0.2) is 46.0 Å². The van der Waals surface area contributed by atoms with Gasteiger partial charge in [-0.3, -0.25) is 4.79 Å². The van der Waals surface area contributed by atoms with Crippen LogP contribution in [0.5, 0.6) is 11.5 Å². The molecule has 1 aliphatic carbocycles. The summed E-state index contributed by atoms with van der Waals surface area (Å²) < 4.78 is 11.5. The third kappa shape index (κ3) is 6.27. The van der Waals surface area contributed by atoms with Crippen LogP contribution in [0.25, 0.3) is 0 Å². The van der Waals surface area contributed by atoms with Crippen molar-refractivity contribution in [1.29, 1.82) is 0 Å². The minimum atomic E-state index is -0.203. The summed E-state index contributed by atoms with van der Waals surface area (Å²) in [5, 5.41) is 27.8. The Balaban J connectivity index is 2.04. The molecule has 2 aromatic rings. The maximum Gasteiger partial charge on any atom is 0.229 e. The summed E-state index contributed by atoms with van der Waals surface area (Å²) in [7, 11) is 3.07. The number of methoxy groups -OCH3 is 2. The van der Waals surface area contributed by atoms with E-state index >= 15 is 0 Å². The molecular weight excluding hydrogens is 484 g/mol. The van der Waals surface area contributed by atoms with Gasteiger partial charge in [-0.15, -0.1) is 11.3 Å². The summed E-state index contributed by atoms with van der Waals surface area (Å²) in [6.45, 7) is 2.20. The molecule has 0 spiro atoms. The van der Waals surface area contributed by atoms with Gasteiger partial charge >= 0.3 is 0 Å². The minimum Gasteiger partial charge on any atom is -0.496 e. The summed E-state index contributed by atoms with van der Waals surface area (Å²) in [6.07, 6.45) is 10.7. The van der Waals surface area contributed by atoms with E-state index in [1.807, 2.05) is 23.6 Å². The Labute approximate surface area is 214 Å². The van der Waals surface area contributed by atoms with Gasteiger partial charge in [-0.05, 0) is 36.1 Å². The Bertz CT molecular complexity index is 1090. The predicted molar refractivity (Wildman–Crippen MR) is 142 cm³/mol. The number of benzene rings is 1. The molecule has 3 rings (SSSR count). The zero-order chi connectivity index (χ0) is 25.2. The van der Waals surface area contributed by atoms with Crippen LogP contribution in [0, 0.1) is 0 Å². The molecule has 1 aromatic carbocycles. The first-order valence-electron chi connectivity index (χ1n) is 11.8. The van der Waals surface area contributed by atoms with Crippen molar-refractivity contribution in [3.05, 3.63) is 57.3 Å². The number of thiophene rings is 1. The van der Waals surface area contributed by atoms with E-state index in [4.69, 9.17) is 9.47 Å². The van der Waals surface area contributed by atoms with Crippen LogP contribution >= 0.6 is 23.1 Å². The highest BCUT2D eigenvalue weighted by molar-refractivity contribution is 8.14. The van der Waals surface area contributed by atoms with Crippen molar-refractivity contribution in [3.8, 4) is 11.5 Å². The SMILES string of the molecule is CCCCCCCCC(SC(=O)c1cccs1)c1cc(OC)c2c(c1OC)C(=NO)C=CC2=NO. The highest BCUT2D eigenvalue weighted by atomic mass is 32.2. The molecule has 7 nitrogen and oxygen atoms in total. The third-order valence-electron chi connectivity index (χ3n) is 5.96. The first-order chi connectivity index (χ1) is 17.1. The zero-order valence-corrected chi connectivity index (χ0v) is 22.0. The molecule has 1 unspecified atom stereocenters. The van der Waals surface area contributed by atoms with Gasteiger partial charge in [-0.2, -0.15) is 0 Å². The molecule has 1 aliphatic rings. The molecule has 0 fully saturated rings. The highest BCUT2D eigenvalue weighted by Gasteiger charge is 2.32. The summed E-state index contributed by atoms with van der Waals surface area (Å²) in [5.74, 6) is 0.924. The Hall–Kier alpha value is -2.78. The fraction of sp³-hybridized carbons (Fsp3) is 0.423. The summed E-state index contributed by atoms with van der Waals surface area (Å²) in [5.41, 5.74) is 2.25. The number of thioether (sulfide) groups is 1. The molecule has 9 heteroatoms. The number of nitrogens with zero attached hydrogens (tertiary/aromatic N) is 2. The molecule has 0 radical (unpaired) electrons. The molecule has 1 aromatic heterocycles. The molecule has 2 N–H and O–H groups in total. The van der Waals surface area contributed by atoms with Gasteiger partial charge in [0.05, 0.1) is 30.2 Å². The van der Waals surface area contributed by atoms with Gasteiger partial charge in [0.25, 0.3) is 0 Å². The van der Waals surface area contributed by atoms with Crippen LogP contribution < -0.4 is 9.47 Å². The first kappa shape index (κ1) is 26.8. The van der Waals surface area contributed by atoms with Gasteiger partial charge in [0.15, 0.2) is 0 Å². The van der Waals surface area contributed by atoms with Crippen molar-refractivity contribution in [2.45, 2.75) is 57.1 Å². The van der Waals surface area contributed by atoms with Gasteiger partial charge in [0, 0.05) is 10.8 Å². The number of fused-ring (bicyclic) bond motifs is 1. The van der Waals surface area contributed by atoms with Crippen molar-refractivity contribution < 1.29 is 24.7 Å². The molecule has 35 heavy (non-hydrogen) atoms. The van der Waals surface area contributed by atoms with Gasteiger partial charge < -0.3 is 19.9 Å². The van der Waals surface area contributed by atoms with Crippen LogP contribution in [-0.4, -0.2) is 41.2 Å². The predicted octanol–water partition coefficient (Wildman–Crippen LogP) is 7.06. The summed E-state index contributed by atoms with van der Waals surface area (Å²) in [4.78, 5) is 13.8. The molecule has 188 valence electrons. The second kappa shape index (κ2) is 13.3. The quantitative estimate of drug-likeness (QED) is 0.178. The fourth-order valence-electron chi connectivity index (χ4n) is 4.24. The van der Waals surface area contributed by atoms with Crippen LogP contribution in [0.3, 0.4) is 0 Å². The number of unbranched alkanes of at least 4 members (excludes halogenated alkanes) is 5. The molecule has 0 aliphatic heterocycles. The van der Waals surface area contributed by atoms with E-state index in [0.29, 0.717) is 27.5 Å². The maximum atomic E-state index is 13.1. The Morgan fingerprint density at radius 1 is 1.03 bits per heavy atom. The normalized spacial score (nSPS) is 15.9. The molecule has 0 saturated heterocycles. The lowest BCUT2D eigenvalue weighted by Crippen LogP contribution is -2.18. The molecule has 0 amide bonds. The second-order valence-corrected chi connectivity index (χ2v) is 10.3. The number of hydrogen-bond donors (Lipinski definition) is 2. The van der Waals surface area contributed by atoms with Crippen molar-refractivity contribution in [2.75, 3.05) is 14.2 Å². The van der Waals surface area contributed by atoms with Gasteiger partial charge in [0.1, 0.15) is 22.9 Å². The number of carbonyl (C=O) groups is 1. The minimum absolute atomic E-state index is 0.00304. The Morgan fingerprint density at radius 2 is 1.71 bits per heavy atom. The van der Waals surface area contributed by atoms with Crippen molar-refractivity contribution in [3.63, 3.8) is 0 Å². The van der Waals surface area contributed by atoms with Crippen LogP contribution in [0.2, 0.25) is 0 Å². The summed E-state index contributed by atoms with van der Waals surface area (Å²) in [6, 6.07) is 5.54. The fourth-order valence-corrected chi connectivity index (χ4v) is 6.11. The van der Waals surface area contributed by atoms with Gasteiger partial charge in [-0.25, -0.2) is 0 Å². The average molecular weight is 517 g/mol. The molecule has 1 atom stereocenters. The maximum absolute atomic E-state index is 13.1. The van der Waals surface area contributed by atoms with Crippen molar-refractivity contribution >= 4 is 39.6 Å². The number of carbonyl (C=O) groups excluding carboxylic acids is 1. The van der Waals surface area contributed by atoms with Crippen LogP contribution in [0.1, 0.15) is 83.5 Å². The first-order valence-corrected chi connectivity index (χ1v) is 13.5. The van der Waals surface area contributed by atoms with E-state index in [0.717, 1.165) is 31.2 Å². The number of hydrogen-bond acceptors (Lipinski definition) is 9. The molecule has 0 bridgehead atoms. The second-order valence-electron chi connectivity index (χ2n) is 8.18. The van der Waals surface area contributed by atoms with E-state index < -0.39 is 0 Å². The average Bonchev–Trinajstić information content (AvgIpc) is 3.43. The summed E-state index contributed by atoms with van der Waals surface area (Å²) >= 11 is 2.70. The van der Waals surface area contributed by atoms with Crippen LogP contribution in [-0.2, 0) is 0 Å². The smallest absolute Gasteiger partial charge is 0.229 e. The topological polar surface area (TPSA) is 101 Å². The largest absolute Gasteiger partial charge is 0.496 e. The number of rotatable bonds is 12. The number of ether oxygens (including phenoxy) is 2. The lowest BCUT2D eigenvalue weighted by molar-refractivity contribution is 0.109. The highest BCUT2D eigenvalue weighted by Crippen LogP contribution is 2.47. The lowest BCUT2D eigenvalue weighted by Gasteiger charge is -2.25. The third-order valence-corrected chi connectivity index (χ3v) is 8.17. The van der Waals surface area contributed by atoms with Gasteiger partial charge in [-0.1, -0.05) is 73.6 Å². The standard InChI is InChI=1S/C26H32N2O5S2/c1-4-5-6-7-8-9-11-21(35-26(29)22-12-10-15-34-22)17-16-20(32-2)23-18(27-30)13-14-19(28-31)24(23)25(17)33-3/h10,12-16,21,30-31H,4-9,11H2,1-3H3. The molecular formula is C26H32N2O5S2. The van der Waals surface area contributed by atoms with Crippen LogP contribution in [0.4, 0.5) is 0 Å². The number of oxime groups is 2. The molecule has 0 saturated carbocycles. The zero-order valence-electron chi connectivity index (χ0n) is 20.3. The van der Waals surface area contributed by atoms with E-state index in [9.17, 15) is 15.2 Å². The van der Waals surface area contributed by atoms with E-state index in [1.54, 1.807) is 19.3 Å². The van der Waals surface area contributed by atoms with Gasteiger partial charge in [0.2, 0.25) is 5.12 Å². The lowest BCUT2D eigenvalue weighted by atomic mass is 9.88. The Kier molecular flexibility index (Phi) is 10.2. The number of allylic oxidation sites excluding steroid dienone is 2. The van der Waals surface area contributed by atoms with Crippen molar-refractivity contribution in [2.24, 2.45) is 10.3 Å². The monoisotopic (exact) mass is 516 g/mol. The molecule has 1 heterocycles. The van der Waals surface area contributed by atoms with Crippen molar-refractivity contribution in [1.82, 2.24) is 0 Å². The Morgan fingerprint density at radius 3 is 2.31 bits per heavy atom. The van der Waals surface area contributed by atoms with E-state index in [-0.39, 0.29) is 21.8 Å². The van der Waals surface area contributed by atoms with E-state index in [2.05, 4.69) is 17.2 Å². The van der Waals surface area contributed by atoms with E-state index in [1.165, 1.54) is 49.5 Å².